The Balaban J connectivity index is 2.96. The van der Waals surface area contributed by atoms with Crippen LogP contribution in [0.1, 0.15) is 90.4 Å². The monoisotopic (exact) mass is 271 g/mol. The highest BCUT2D eigenvalue weighted by atomic mass is 32.1. The zero-order valence-electron chi connectivity index (χ0n) is 12.3. The first-order valence-electron chi connectivity index (χ1n) is 8.02. The Labute approximate surface area is 120 Å². The van der Waals surface area contributed by atoms with Gasteiger partial charge >= 0.3 is 0 Å². The summed E-state index contributed by atoms with van der Waals surface area (Å²) in [5.41, 5.74) is 5.74. The zero-order chi connectivity index (χ0) is 13.5. The molecule has 0 aromatic heterocycles. The Morgan fingerprint density at radius 3 is 1.56 bits per heavy atom. The predicted octanol–water partition coefficient (Wildman–Crippen LogP) is 5.40. The lowest BCUT2D eigenvalue weighted by Gasteiger charge is -2.05. The first kappa shape index (κ1) is 18.0. The summed E-state index contributed by atoms with van der Waals surface area (Å²) in [5, 5.41) is 1.69. The second-order valence-electron chi connectivity index (χ2n) is 5.48. The Hall–Kier alpha value is 0.0500. The Kier molecular flexibility index (Phi) is 15.2. The molecule has 0 aliphatic rings. The Bertz CT molecular complexity index is 170. The third-order valence-corrected chi connectivity index (χ3v) is 3.92. The fourth-order valence-corrected chi connectivity index (χ4v) is 2.43. The summed E-state index contributed by atoms with van der Waals surface area (Å²) in [4.78, 5) is 0. The molecule has 108 valence electrons. The fraction of sp³-hybridized carbons (Fsp3) is 0.938. The number of rotatable bonds is 14. The van der Waals surface area contributed by atoms with Crippen molar-refractivity contribution in [2.75, 3.05) is 0 Å². The highest BCUT2D eigenvalue weighted by Crippen LogP contribution is 2.12. The maximum Gasteiger partial charge on any atom is 0.0328 e. The summed E-state index contributed by atoms with van der Waals surface area (Å²) in [5.74, 6) is 0. The Morgan fingerprint density at radius 1 is 0.778 bits per heavy atom. The molecule has 0 fully saturated rings. The van der Waals surface area contributed by atoms with E-state index in [4.69, 9.17) is 18.0 Å². The van der Waals surface area contributed by atoms with Crippen molar-refractivity contribution >= 4 is 17.6 Å². The SMILES string of the molecule is CCCCCCCCCCCCCCC(N)C=S. The van der Waals surface area contributed by atoms with Gasteiger partial charge in [0.25, 0.3) is 0 Å². The highest BCUT2D eigenvalue weighted by Gasteiger charge is 1.97. The van der Waals surface area contributed by atoms with Gasteiger partial charge in [0.05, 0.1) is 0 Å². The molecule has 0 saturated heterocycles. The van der Waals surface area contributed by atoms with Gasteiger partial charge in [0.1, 0.15) is 0 Å². The van der Waals surface area contributed by atoms with Crippen LogP contribution in [0.5, 0.6) is 0 Å². The summed E-state index contributed by atoms with van der Waals surface area (Å²) in [6, 6.07) is 0.142. The van der Waals surface area contributed by atoms with E-state index in [0.717, 1.165) is 6.42 Å². The van der Waals surface area contributed by atoms with Crippen LogP contribution < -0.4 is 5.73 Å². The smallest absolute Gasteiger partial charge is 0.0328 e. The van der Waals surface area contributed by atoms with Gasteiger partial charge in [-0.2, -0.15) is 0 Å². The minimum Gasteiger partial charge on any atom is -0.324 e. The average molecular weight is 272 g/mol. The van der Waals surface area contributed by atoms with Gasteiger partial charge in [-0.15, -0.1) is 0 Å². The van der Waals surface area contributed by atoms with Crippen LogP contribution in [0.2, 0.25) is 0 Å². The quantitative estimate of drug-likeness (QED) is 0.338. The third-order valence-electron chi connectivity index (χ3n) is 3.57. The van der Waals surface area contributed by atoms with Crippen LogP contribution in [0, 0.1) is 0 Å². The minimum atomic E-state index is 0.142. The van der Waals surface area contributed by atoms with Gasteiger partial charge in [-0.25, -0.2) is 0 Å². The maximum absolute atomic E-state index is 5.74. The molecule has 18 heavy (non-hydrogen) atoms. The second kappa shape index (κ2) is 15.1. The van der Waals surface area contributed by atoms with Crippen molar-refractivity contribution in [3.8, 4) is 0 Å². The van der Waals surface area contributed by atoms with Crippen molar-refractivity contribution in [1.29, 1.82) is 0 Å². The van der Waals surface area contributed by atoms with Crippen LogP contribution in [0.3, 0.4) is 0 Å². The Morgan fingerprint density at radius 2 is 1.17 bits per heavy atom. The van der Waals surface area contributed by atoms with E-state index < -0.39 is 0 Å². The van der Waals surface area contributed by atoms with E-state index in [1.54, 1.807) is 5.37 Å². The zero-order valence-corrected chi connectivity index (χ0v) is 13.1. The molecule has 0 bridgehead atoms. The molecule has 0 aliphatic heterocycles. The number of hydrogen-bond donors (Lipinski definition) is 1. The van der Waals surface area contributed by atoms with Crippen LogP contribution in [-0.4, -0.2) is 11.4 Å². The lowest BCUT2D eigenvalue weighted by molar-refractivity contribution is 0.537. The summed E-state index contributed by atoms with van der Waals surface area (Å²) in [7, 11) is 0. The molecule has 0 heterocycles. The van der Waals surface area contributed by atoms with E-state index in [1.807, 2.05) is 0 Å². The van der Waals surface area contributed by atoms with Crippen LogP contribution >= 0.6 is 12.2 Å². The molecule has 0 spiro atoms. The lowest BCUT2D eigenvalue weighted by atomic mass is 10.0. The normalized spacial score (nSPS) is 12.6. The topological polar surface area (TPSA) is 26.0 Å². The van der Waals surface area contributed by atoms with Crippen LogP contribution in [0.4, 0.5) is 0 Å². The molecular formula is C16H33NS. The van der Waals surface area contributed by atoms with E-state index in [9.17, 15) is 0 Å². The van der Waals surface area contributed by atoms with Gasteiger partial charge in [0.15, 0.2) is 0 Å². The van der Waals surface area contributed by atoms with Crippen molar-refractivity contribution in [1.82, 2.24) is 0 Å². The molecule has 0 aromatic rings. The van der Waals surface area contributed by atoms with E-state index in [-0.39, 0.29) is 6.04 Å². The van der Waals surface area contributed by atoms with Gasteiger partial charge in [-0.05, 0) is 11.8 Å². The van der Waals surface area contributed by atoms with Crippen molar-refractivity contribution in [2.24, 2.45) is 5.73 Å². The lowest BCUT2D eigenvalue weighted by Crippen LogP contribution is -2.19. The minimum absolute atomic E-state index is 0.142. The molecule has 1 nitrogen and oxygen atoms in total. The van der Waals surface area contributed by atoms with Crippen molar-refractivity contribution in [3.05, 3.63) is 0 Å². The highest BCUT2D eigenvalue weighted by molar-refractivity contribution is 7.79. The molecule has 0 rings (SSSR count). The molecule has 0 aromatic carbocycles. The van der Waals surface area contributed by atoms with E-state index in [1.165, 1.54) is 77.0 Å². The molecule has 0 radical (unpaired) electrons. The van der Waals surface area contributed by atoms with Gasteiger partial charge in [-0.3, -0.25) is 0 Å². The van der Waals surface area contributed by atoms with Crippen LogP contribution in [-0.2, 0) is 0 Å². The first-order valence-corrected chi connectivity index (χ1v) is 8.49. The van der Waals surface area contributed by atoms with Crippen LogP contribution in [0.25, 0.3) is 0 Å². The predicted molar refractivity (Wildman–Crippen MR) is 87.3 cm³/mol. The molecule has 0 saturated carbocycles. The second-order valence-corrected chi connectivity index (χ2v) is 5.75. The van der Waals surface area contributed by atoms with Crippen molar-refractivity contribution in [3.63, 3.8) is 0 Å². The molecule has 0 amide bonds. The van der Waals surface area contributed by atoms with E-state index >= 15 is 0 Å². The standard InChI is InChI=1S/C16H33NS/c1-2-3-4-5-6-7-8-9-10-11-12-13-14-16(17)15-18/h15-16H,2-14,17H2,1H3. The average Bonchev–Trinajstić information content (AvgIpc) is 2.39. The number of unbranched alkanes of at least 4 members (excludes halogenated alkanes) is 11. The largest absolute Gasteiger partial charge is 0.324 e. The molecule has 0 aliphatic carbocycles. The number of thiocarbonyl (C=S) groups is 1. The third kappa shape index (κ3) is 14.1. The molecule has 2 N–H and O–H groups in total. The van der Waals surface area contributed by atoms with Gasteiger partial charge in [0.2, 0.25) is 0 Å². The van der Waals surface area contributed by atoms with Crippen molar-refractivity contribution in [2.45, 2.75) is 96.4 Å². The maximum atomic E-state index is 5.74. The summed E-state index contributed by atoms with van der Waals surface area (Å²) < 4.78 is 0. The summed E-state index contributed by atoms with van der Waals surface area (Å²) in [6.07, 6.45) is 17.8. The van der Waals surface area contributed by atoms with Gasteiger partial charge in [0, 0.05) is 6.04 Å². The van der Waals surface area contributed by atoms with Gasteiger partial charge in [-0.1, -0.05) is 96.2 Å². The van der Waals surface area contributed by atoms with E-state index in [0.29, 0.717) is 0 Å². The van der Waals surface area contributed by atoms with E-state index in [2.05, 4.69) is 6.92 Å². The molecule has 2 heteroatoms. The van der Waals surface area contributed by atoms with Gasteiger partial charge < -0.3 is 5.73 Å². The molecule has 1 unspecified atom stereocenters. The fourth-order valence-electron chi connectivity index (χ4n) is 2.29. The molecule has 1 atom stereocenters. The first-order chi connectivity index (χ1) is 8.81. The summed E-state index contributed by atoms with van der Waals surface area (Å²) >= 11 is 4.81. The summed E-state index contributed by atoms with van der Waals surface area (Å²) in [6.45, 7) is 2.28. The number of nitrogens with two attached hydrogens (primary N) is 1. The van der Waals surface area contributed by atoms with Crippen LogP contribution in [0.15, 0.2) is 0 Å². The van der Waals surface area contributed by atoms with Crippen molar-refractivity contribution < 1.29 is 0 Å². The molecular weight excluding hydrogens is 238 g/mol. The number of hydrogen-bond acceptors (Lipinski definition) is 2.